The lowest BCUT2D eigenvalue weighted by Crippen LogP contribution is -2.45. The number of hydrogen-bond donors (Lipinski definition) is 3. The zero-order valence-electron chi connectivity index (χ0n) is 12.9. The van der Waals surface area contributed by atoms with Crippen LogP contribution in [-0.4, -0.2) is 46.8 Å². The summed E-state index contributed by atoms with van der Waals surface area (Å²) in [6.45, 7) is 5.01. The van der Waals surface area contributed by atoms with Gasteiger partial charge < -0.3 is 10.6 Å². The summed E-state index contributed by atoms with van der Waals surface area (Å²) in [5, 5.41) is 6.37. The van der Waals surface area contributed by atoms with Crippen molar-refractivity contribution in [1.82, 2.24) is 15.4 Å². The van der Waals surface area contributed by atoms with E-state index in [-0.39, 0.29) is 6.04 Å². The standard InChI is InChI=1S/C13H24N4O2S2/c1-10(9-12-6-5-11(2)20-12)17-13(14-3)15-7-8-16-21(4,18)19/h5-6,10,16H,7-9H2,1-4H3,(H2,14,15,17). The third-order valence-corrected chi connectivity index (χ3v) is 4.44. The van der Waals surface area contributed by atoms with Crippen LogP contribution < -0.4 is 15.4 Å². The Balaban J connectivity index is 2.33. The van der Waals surface area contributed by atoms with Crippen molar-refractivity contribution >= 4 is 27.3 Å². The molecule has 0 fully saturated rings. The van der Waals surface area contributed by atoms with Crippen molar-refractivity contribution in [2.24, 2.45) is 4.99 Å². The van der Waals surface area contributed by atoms with E-state index in [0.29, 0.717) is 19.0 Å². The first-order chi connectivity index (χ1) is 9.80. The Bertz CT molecular complexity index is 566. The molecule has 0 saturated carbocycles. The van der Waals surface area contributed by atoms with Crippen molar-refractivity contribution in [2.45, 2.75) is 26.3 Å². The van der Waals surface area contributed by atoms with Crippen molar-refractivity contribution in [3.63, 3.8) is 0 Å². The summed E-state index contributed by atoms with van der Waals surface area (Å²) in [4.78, 5) is 6.78. The predicted molar refractivity (Wildman–Crippen MR) is 89.6 cm³/mol. The van der Waals surface area contributed by atoms with E-state index in [9.17, 15) is 8.42 Å². The maximum atomic E-state index is 10.9. The van der Waals surface area contributed by atoms with Crippen LogP contribution in [0.1, 0.15) is 16.7 Å². The predicted octanol–water partition coefficient (Wildman–Crippen LogP) is 0.702. The highest BCUT2D eigenvalue weighted by Crippen LogP contribution is 2.16. The topological polar surface area (TPSA) is 82.6 Å². The van der Waals surface area contributed by atoms with E-state index >= 15 is 0 Å². The lowest BCUT2D eigenvalue weighted by molar-refractivity contribution is 0.585. The number of thiophene rings is 1. The fraction of sp³-hybridized carbons (Fsp3) is 0.615. The number of rotatable bonds is 7. The van der Waals surface area contributed by atoms with E-state index in [4.69, 9.17) is 0 Å². The van der Waals surface area contributed by atoms with Crippen molar-refractivity contribution < 1.29 is 8.42 Å². The van der Waals surface area contributed by atoms with Gasteiger partial charge in [0.05, 0.1) is 6.26 Å². The van der Waals surface area contributed by atoms with Gasteiger partial charge in [-0.15, -0.1) is 11.3 Å². The second kappa shape index (κ2) is 8.35. The Hall–Kier alpha value is -1.12. The highest BCUT2D eigenvalue weighted by molar-refractivity contribution is 7.88. The van der Waals surface area contributed by atoms with E-state index in [1.807, 2.05) is 0 Å². The summed E-state index contributed by atoms with van der Waals surface area (Å²) in [5.74, 6) is 0.672. The third-order valence-electron chi connectivity index (χ3n) is 2.69. The van der Waals surface area contributed by atoms with Gasteiger partial charge in [0.25, 0.3) is 0 Å². The summed E-state index contributed by atoms with van der Waals surface area (Å²) in [6.07, 6.45) is 2.08. The van der Waals surface area contributed by atoms with Crippen molar-refractivity contribution in [3.05, 3.63) is 21.9 Å². The zero-order chi connectivity index (χ0) is 15.9. The minimum atomic E-state index is -3.14. The molecule has 1 aromatic rings. The molecule has 0 saturated heterocycles. The van der Waals surface area contributed by atoms with Crippen LogP contribution in [0.3, 0.4) is 0 Å². The molecule has 0 amide bonds. The van der Waals surface area contributed by atoms with Gasteiger partial charge in [0.1, 0.15) is 0 Å². The largest absolute Gasteiger partial charge is 0.355 e. The first-order valence-electron chi connectivity index (χ1n) is 6.77. The van der Waals surface area contributed by atoms with E-state index < -0.39 is 10.0 Å². The first-order valence-corrected chi connectivity index (χ1v) is 9.48. The summed E-state index contributed by atoms with van der Waals surface area (Å²) >= 11 is 1.80. The van der Waals surface area contributed by atoms with Gasteiger partial charge in [0.2, 0.25) is 10.0 Å². The average Bonchev–Trinajstić information content (AvgIpc) is 2.77. The van der Waals surface area contributed by atoms with Crippen LogP contribution in [0.4, 0.5) is 0 Å². The second-order valence-electron chi connectivity index (χ2n) is 4.93. The lowest BCUT2D eigenvalue weighted by atomic mass is 10.2. The quantitative estimate of drug-likeness (QED) is 0.390. The van der Waals surface area contributed by atoms with Crippen LogP contribution in [0.25, 0.3) is 0 Å². The Morgan fingerprint density at radius 1 is 1.38 bits per heavy atom. The van der Waals surface area contributed by atoms with Crippen LogP contribution in [0, 0.1) is 6.92 Å². The van der Waals surface area contributed by atoms with Gasteiger partial charge in [-0.25, -0.2) is 13.1 Å². The molecule has 1 rings (SSSR count). The van der Waals surface area contributed by atoms with Gasteiger partial charge in [0, 0.05) is 42.4 Å². The van der Waals surface area contributed by atoms with Crippen LogP contribution in [-0.2, 0) is 16.4 Å². The van der Waals surface area contributed by atoms with Crippen molar-refractivity contribution in [3.8, 4) is 0 Å². The average molecular weight is 332 g/mol. The normalized spacial score (nSPS) is 14.0. The number of nitrogens with zero attached hydrogens (tertiary/aromatic N) is 1. The minimum Gasteiger partial charge on any atom is -0.355 e. The van der Waals surface area contributed by atoms with Crippen molar-refractivity contribution in [1.29, 1.82) is 0 Å². The molecule has 0 radical (unpaired) electrons. The molecule has 0 aliphatic carbocycles. The molecule has 1 atom stereocenters. The fourth-order valence-corrected chi connectivity index (χ4v) is 3.28. The second-order valence-corrected chi connectivity index (χ2v) is 8.13. The van der Waals surface area contributed by atoms with Gasteiger partial charge in [0.15, 0.2) is 5.96 Å². The third kappa shape index (κ3) is 8.03. The molecule has 21 heavy (non-hydrogen) atoms. The van der Waals surface area contributed by atoms with Gasteiger partial charge in [-0.1, -0.05) is 0 Å². The van der Waals surface area contributed by atoms with Crippen LogP contribution in [0.2, 0.25) is 0 Å². The Morgan fingerprint density at radius 2 is 2.10 bits per heavy atom. The lowest BCUT2D eigenvalue weighted by Gasteiger charge is -2.17. The number of aryl methyl sites for hydroxylation is 1. The van der Waals surface area contributed by atoms with Crippen molar-refractivity contribution in [2.75, 3.05) is 26.4 Å². The molecule has 0 aromatic carbocycles. The zero-order valence-corrected chi connectivity index (χ0v) is 14.6. The van der Waals surface area contributed by atoms with E-state index in [2.05, 4.69) is 46.3 Å². The summed E-state index contributed by atoms with van der Waals surface area (Å²) in [6, 6.07) is 4.51. The molecule has 1 heterocycles. The monoisotopic (exact) mass is 332 g/mol. The van der Waals surface area contributed by atoms with Crippen LogP contribution in [0.5, 0.6) is 0 Å². The molecule has 120 valence electrons. The number of aliphatic imine (C=N–C) groups is 1. The highest BCUT2D eigenvalue weighted by Gasteiger charge is 2.08. The molecule has 3 N–H and O–H groups in total. The van der Waals surface area contributed by atoms with Crippen LogP contribution in [0.15, 0.2) is 17.1 Å². The maximum absolute atomic E-state index is 10.9. The minimum absolute atomic E-state index is 0.247. The van der Waals surface area contributed by atoms with Gasteiger partial charge in [-0.05, 0) is 26.0 Å². The molecule has 6 nitrogen and oxygen atoms in total. The van der Waals surface area contributed by atoms with Gasteiger partial charge >= 0.3 is 0 Å². The smallest absolute Gasteiger partial charge is 0.208 e. The number of sulfonamides is 1. The first kappa shape index (κ1) is 17.9. The fourth-order valence-electron chi connectivity index (χ4n) is 1.79. The van der Waals surface area contributed by atoms with E-state index in [1.54, 1.807) is 18.4 Å². The molecule has 0 spiro atoms. The van der Waals surface area contributed by atoms with E-state index in [1.165, 1.54) is 9.75 Å². The molecular weight excluding hydrogens is 308 g/mol. The maximum Gasteiger partial charge on any atom is 0.208 e. The summed E-state index contributed by atoms with van der Waals surface area (Å²) in [5.41, 5.74) is 0. The Morgan fingerprint density at radius 3 is 2.62 bits per heavy atom. The Kier molecular flexibility index (Phi) is 7.13. The number of guanidine groups is 1. The molecular formula is C13H24N4O2S2. The van der Waals surface area contributed by atoms with Crippen LogP contribution >= 0.6 is 11.3 Å². The number of nitrogens with one attached hydrogen (secondary N) is 3. The van der Waals surface area contributed by atoms with E-state index in [0.717, 1.165) is 12.7 Å². The molecule has 0 aliphatic rings. The molecule has 1 aromatic heterocycles. The SMILES string of the molecule is CN=C(NCCNS(C)(=O)=O)NC(C)Cc1ccc(C)s1. The van der Waals surface area contributed by atoms with Gasteiger partial charge in [-0.3, -0.25) is 4.99 Å². The molecule has 0 aliphatic heterocycles. The molecule has 1 unspecified atom stereocenters. The molecule has 8 heteroatoms. The Labute approximate surface area is 131 Å². The summed E-state index contributed by atoms with van der Waals surface area (Å²) < 4.78 is 24.3. The highest BCUT2D eigenvalue weighted by atomic mass is 32.2. The van der Waals surface area contributed by atoms with Gasteiger partial charge in [-0.2, -0.15) is 0 Å². The summed E-state index contributed by atoms with van der Waals surface area (Å²) in [7, 11) is -1.44. The molecule has 0 bridgehead atoms. The number of hydrogen-bond acceptors (Lipinski definition) is 4.